The first-order chi connectivity index (χ1) is 14.9. The van der Waals surface area contributed by atoms with Gasteiger partial charge < -0.3 is 9.88 Å². The molecule has 2 aromatic heterocycles. The van der Waals surface area contributed by atoms with E-state index in [-0.39, 0.29) is 23.3 Å². The molecule has 1 amide bonds. The predicted octanol–water partition coefficient (Wildman–Crippen LogP) is 2.01. The summed E-state index contributed by atoms with van der Waals surface area (Å²) in [5, 5.41) is 12.4. The first kappa shape index (κ1) is 21.7. The molecule has 8 heteroatoms. The summed E-state index contributed by atoms with van der Waals surface area (Å²) in [4.78, 5) is 28.3. The Bertz CT molecular complexity index is 1080. The lowest BCUT2D eigenvalue weighted by atomic mass is 9.78. The molecule has 1 fully saturated rings. The summed E-state index contributed by atoms with van der Waals surface area (Å²) < 4.78 is 3.67. The molecule has 2 aliphatic rings. The van der Waals surface area contributed by atoms with Crippen molar-refractivity contribution in [2.45, 2.75) is 31.8 Å². The van der Waals surface area contributed by atoms with Crippen molar-refractivity contribution in [1.82, 2.24) is 19.4 Å². The van der Waals surface area contributed by atoms with Gasteiger partial charge in [-0.05, 0) is 37.3 Å². The lowest BCUT2D eigenvalue weighted by Gasteiger charge is -2.46. The fraction of sp³-hybridized carbons (Fsp3) is 0.522. The zero-order valence-electron chi connectivity index (χ0n) is 18.3. The molecule has 164 valence electrons. The standard InChI is InChI=1S/C23H29N5O2S/c1-15-16(10-19(11-24)26(15)2)12-27-13-17-9-18(14-27)22(23(30)25-7-8-31-3)28-20(17)5-4-6-21(28)29/h4-6,10,17-18,22H,7-9,12-14H2,1-3H3,(H,25,30)/t17-,18+,22-/m1/s1. The molecular weight excluding hydrogens is 410 g/mol. The molecule has 7 nitrogen and oxygen atoms in total. The Morgan fingerprint density at radius 2 is 2.16 bits per heavy atom. The van der Waals surface area contributed by atoms with Gasteiger partial charge in [-0.15, -0.1) is 0 Å². The summed E-state index contributed by atoms with van der Waals surface area (Å²) in [7, 11) is 1.92. The molecule has 0 aromatic carbocycles. The van der Waals surface area contributed by atoms with Crippen LogP contribution in [0, 0.1) is 24.2 Å². The van der Waals surface area contributed by atoms with Crippen LogP contribution < -0.4 is 10.9 Å². The first-order valence-corrected chi connectivity index (χ1v) is 12.1. The third kappa shape index (κ3) is 4.04. The highest BCUT2D eigenvalue weighted by atomic mass is 32.2. The number of amides is 1. The molecule has 2 aliphatic heterocycles. The van der Waals surface area contributed by atoms with Gasteiger partial charge in [0.1, 0.15) is 17.8 Å². The summed E-state index contributed by atoms with van der Waals surface area (Å²) in [6.45, 7) is 4.99. The number of pyridine rings is 1. The van der Waals surface area contributed by atoms with Crippen molar-refractivity contribution in [3.05, 3.63) is 57.3 Å². The number of piperidine rings is 1. The van der Waals surface area contributed by atoms with Crippen LogP contribution in [0.25, 0.3) is 0 Å². The summed E-state index contributed by atoms with van der Waals surface area (Å²) in [5.74, 6) is 1.10. The van der Waals surface area contributed by atoms with Crippen LogP contribution in [0.3, 0.4) is 0 Å². The third-order valence-electron chi connectivity index (χ3n) is 6.75. The molecule has 2 aromatic rings. The molecular formula is C23H29N5O2S. The van der Waals surface area contributed by atoms with Crippen molar-refractivity contribution < 1.29 is 4.79 Å². The molecule has 0 saturated carbocycles. The molecule has 1 saturated heterocycles. The molecule has 4 heterocycles. The number of hydrogen-bond donors (Lipinski definition) is 1. The van der Waals surface area contributed by atoms with Gasteiger partial charge in [0.05, 0.1) is 0 Å². The van der Waals surface area contributed by atoms with Crippen molar-refractivity contribution in [3.63, 3.8) is 0 Å². The van der Waals surface area contributed by atoms with Gasteiger partial charge in [-0.2, -0.15) is 17.0 Å². The highest BCUT2D eigenvalue weighted by molar-refractivity contribution is 7.98. The quantitative estimate of drug-likeness (QED) is 0.696. The fourth-order valence-corrected chi connectivity index (χ4v) is 5.45. The second kappa shape index (κ2) is 8.93. The van der Waals surface area contributed by atoms with E-state index in [0.29, 0.717) is 12.2 Å². The van der Waals surface area contributed by atoms with E-state index in [9.17, 15) is 14.9 Å². The van der Waals surface area contributed by atoms with E-state index < -0.39 is 6.04 Å². The van der Waals surface area contributed by atoms with Gasteiger partial charge in [-0.1, -0.05) is 6.07 Å². The maximum Gasteiger partial charge on any atom is 0.251 e. The van der Waals surface area contributed by atoms with Gasteiger partial charge in [0.2, 0.25) is 5.91 Å². The van der Waals surface area contributed by atoms with Gasteiger partial charge in [0.15, 0.2) is 0 Å². The van der Waals surface area contributed by atoms with Gasteiger partial charge in [0, 0.05) is 68.3 Å². The normalized spacial score (nSPS) is 22.6. The Hall–Kier alpha value is -2.50. The smallest absolute Gasteiger partial charge is 0.251 e. The van der Waals surface area contributed by atoms with E-state index in [0.717, 1.165) is 48.8 Å². The number of likely N-dealkylation sites (tertiary alicyclic amines) is 1. The molecule has 2 bridgehead atoms. The zero-order valence-corrected chi connectivity index (χ0v) is 19.1. The van der Waals surface area contributed by atoms with E-state index in [1.165, 1.54) is 0 Å². The van der Waals surface area contributed by atoms with Crippen LogP contribution in [-0.4, -0.2) is 51.6 Å². The number of nitrogens with one attached hydrogen (secondary N) is 1. The van der Waals surface area contributed by atoms with Gasteiger partial charge in [-0.3, -0.25) is 19.1 Å². The number of nitrogens with zero attached hydrogens (tertiary/aromatic N) is 4. The van der Waals surface area contributed by atoms with Gasteiger partial charge in [0.25, 0.3) is 5.56 Å². The number of fused-ring (bicyclic) bond motifs is 4. The van der Waals surface area contributed by atoms with Crippen LogP contribution in [0.2, 0.25) is 0 Å². The Kier molecular flexibility index (Phi) is 6.26. The van der Waals surface area contributed by atoms with Crippen LogP contribution in [0.1, 0.15) is 41.0 Å². The van der Waals surface area contributed by atoms with Crippen LogP contribution in [0.4, 0.5) is 0 Å². The van der Waals surface area contributed by atoms with E-state index >= 15 is 0 Å². The van der Waals surface area contributed by atoms with Crippen LogP contribution in [0.5, 0.6) is 0 Å². The highest BCUT2D eigenvalue weighted by Gasteiger charge is 2.43. The molecule has 31 heavy (non-hydrogen) atoms. The number of nitriles is 1. The largest absolute Gasteiger partial charge is 0.353 e. The van der Waals surface area contributed by atoms with E-state index in [1.54, 1.807) is 28.5 Å². The molecule has 0 radical (unpaired) electrons. The number of carbonyl (C=O) groups excluding carboxylic acids is 1. The fourth-order valence-electron chi connectivity index (χ4n) is 5.15. The number of aromatic nitrogens is 2. The first-order valence-electron chi connectivity index (χ1n) is 10.7. The second-order valence-electron chi connectivity index (χ2n) is 8.59. The molecule has 4 rings (SSSR count). The van der Waals surface area contributed by atoms with Gasteiger partial charge in [-0.25, -0.2) is 0 Å². The minimum absolute atomic E-state index is 0.0587. The molecule has 0 aliphatic carbocycles. The number of thioether (sulfide) groups is 1. The second-order valence-corrected chi connectivity index (χ2v) is 9.57. The lowest BCUT2D eigenvalue weighted by Crippen LogP contribution is -2.53. The summed E-state index contributed by atoms with van der Waals surface area (Å²) in [5.41, 5.74) is 3.76. The molecule has 0 spiro atoms. The van der Waals surface area contributed by atoms with E-state index in [1.807, 2.05) is 36.9 Å². The van der Waals surface area contributed by atoms with E-state index in [4.69, 9.17) is 0 Å². The number of rotatable bonds is 6. The lowest BCUT2D eigenvalue weighted by molar-refractivity contribution is -0.127. The topological polar surface area (TPSA) is 83.1 Å². The Labute approximate surface area is 187 Å². The van der Waals surface area contributed by atoms with Crippen molar-refractivity contribution in [2.24, 2.45) is 13.0 Å². The Morgan fingerprint density at radius 1 is 1.35 bits per heavy atom. The van der Waals surface area contributed by atoms with Crippen molar-refractivity contribution in [2.75, 3.05) is 31.6 Å². The van der Waals surface area contributed by atoms with Crippen molar-refractivity contribution in [3.8, 4) is 6.07 Å². The average molecular weight is 440 g/mol. The number of carbonyl (C=O) groups is 1. The van der Waals surface area contributed by atoms with Crippen molar-refractivity contribution in [1.29, 1.82) is 5.26 Å². The summed E-state index contributed by atoms with van der Waals surface area (Å²) in [6.07, 6.45) is 2.93. The maximum absolute atomic E-state index is 13.2. The minimum atomic E-state index is -0.476. The van der Waals surface area contributed by atoms with Crippen LogP contribution >= 0.6 is 11.8 Å². The molecule has 1 N–H and O–H groups in total. The van der Waals surface area contributed by atoms with Crippen LogP contribution in [-0.2, 0) is 18.4 Å². The Morgan fingerprint density at radius 3 is 2.87 bits per heavy atom. The minimum Gasteiger partial charge on any atom is -0.353 e. The summed E-state index contributed by atoms with van der Waals surface area (Å²) in [6, 6.07) is 9.09. The Balaban J connectivity index is 1.63. The van der Waals surface area contributed by atoms with Gasteiger partial charge >= 0.3 is 0 Å². The SMILES string of the molecule is CSCCNC(=O)[C@H]1[C@H]2C[C@H](CN(Cc3cc(C#N)n(C)c3C)C2)c2cccc(=O)n21. The number of hydrogen-bond acceptors (Lipinski definition) is 5. The predicted molar refractivity (Wildman–Crippen MR) is 122 cm³/mol. The zero-order chi connectivity index (χ0) is 22.1. The van der Waals surface area contributed by atoms with Crippen LogP contribution in [0.15, 0.2) is 29.1 Å². The molecule has 3 atom stereocenters. The average Bonchev–Trinajstić information content (AvgIpc) is 3.02. The monoisotopic (exact) mass is 439 g/mol. The summed E-state index contributed by atoms with van der Waals surface area (Å²) >= 11 is 1.69. The van der Waals surface area contributed by atoms with E-state index in [2.05, 4.69) is 16.3 Å². The maximum atomic E-state index is 13.2. The third-order valence-corrected chi connectivity index (χ3v) is 7.36. The van der Waals surface area contributed by atoms with Crippen molar-refractivity contribution >= 4 is 17.7 Å². The molecule has 0 unspecified atom stereocenters. The highest BCUT2D eigenvalue weighted by Crippen LogP contribution is 2.41.